The molecule has 0 amide bonds. The van der Waals surface area contributed by atoms with Gasteiger partial charge in [0, 0.05) is 15.9 Å². The minimum atomic E-state index is -0.767. The fourth-order valence-electron chi connectivity index (χ4n) is 1.75. The number of benzene rings is 2. The lowest BCUT2D eigenvalue weighted by Gasteiger charge is -2.26. The van der Waals surface area contributed by atoms with Gasteiger partial charge >= 0.3 is 0 Å². The smallest absolute Gasteiger partial charge is 0.108 e. The molecule has 0 radical (unpaired) electrons. The molecule has 0 saturated heterocycles. The molecule has 0 N–H and O–H groups in total. The number of hydrogen-bond acceptors (Lipinski definition) is 0. The van der Waals surface area contributed by atoms with Gasteiger partial charge in [-0.3, -0.25) is 0 Å². The van der Waals surface area contributed by atoms with E-state index in [2.05, 4.69) is 0 Å². The molecule has 0 heterocycles. The summed E-state index contributed by atoms with van der Waals surface area (Å²) >= 11 is 24.5. The van der Waals surface area contributed by atoms with Gasteiger partial charge in [0.05, 0.1) is 0 Å². The topological polar surface area (TPSA) is 0 Å². The quantitative estimate of drug-likeness (QED) is 0.635. The van der Waals surface area contributed by atoms with Gasteiger partial charge in [0.1, 0.15) is 4.87 Å². The van der Waals surface area contributed by atoms with Gasteiger partial charge in [-0.1, -0.05) is 47.5 Å². The Morgan fingerprint density at radius 3 is 1.33 bits per heavy atom. The van der Waals surface area contributed by atoms with Crippen LogP contribution in [0, 0.1) is 0 Å². The number of hydrogen-bond donors (Lipinski definition) is 0. The van der Waals surface area contributed by atoms with Crippen molar-refractivity contribution in [1.82, 2.24) is 0 Å². The molecule has 0 aliphatic heterocycles. The van der Waals surface area contributed by atoms with Crippen LogP contribution in [-0.2, 0) is 4.87 Å². The Morgan fingerprint density at radius 2 is 1.06 bits per heavy atom. The maximum atomic E-state index is 6.66. The van der Waals surface area contributed by atoms with Gasteiger partial charge in [-0.15, -0.1) is 23.2 Å². The van der Waals surface area contributed by atoms with Gasteiger partial charge in [-0.2, -0.15) is 0 Å². The average Bonchev–Trinajstić information content (AvgIpc) is 2.39. The van der Waals surface area contributed by atoms with Crippen molar-refractivity contribution in [3.8, 4) is 0 Å². The molecule has 0 saturated carbocycles. The standard InChI is InChI=1S/C14H10Cl4/c15-9-14(18,10-1-5-12(16)6-2-10)11-3-7-13(17)8-4-11/h1-8H,9H2. The van der Waals surface area contributed by atoms with E-state index < -0.39 is 4.87 Å². The second-order valence-corrected chi connectivity index (χ2v) is 5.73. The first kappa shape index (κ1) is 14.0. The molecule has 2 rings (SSSR count). The van der Waals surface area contributed by atoms with E-state index in [0.717, 1.165) is 11.1 Å². The fourth-order valence-corrected chi connectivity index (χ4v) is 2.56. The van der Waals surface area contributed by atoms with Crippen LogP contribution < -0.4 is 0 Å². The van der Waals surface area contributed by atoms with Gasteiger partial charge in [-0.25, -0.2) is 0 Å². The Bertz CT molecular complexity index is 471. The predicted molar refractivity (Wildman–Crippen MR) is 80.3 cm³/mol. The molecule has 0 unspecified atom stereocenters. The lowest BCUT2D eigenvalue weighted by Crippen LogP contribution is -2.22. The third-order valence-electron chi connectivity index (χ3n) is 2.79. The molecule has 4 heteroatoms. The van der Waals surface area contributed by atoms with E-state index in [9.17, 15) is 0 Å². The highest BCUT2D eigenvalue weighted by Gasteiger charge is 2.30. The molecule has 94 valence electrons. The Morgan fingerprint density at radius 1 is 0.722 bits per heavy atom. The highest BCUT2D eigenvalue weighted by atomic mass is 35.5. The van der Waals surface area contributed by atoms with Gasteiger partial charge in [0.15, 0.2) is 0 Å². The summed E-state index contributed by atoms with van der Waals surface area (Å²) in [6, 6.07) is 14.7. The van der Waals surface area contributed by atoms with Crippen molar-refractivity contribution in [2.45, 2.75) is 4.87 Å². The Hall–Kier alpha value is -0.400. The van der Waals surface area contributed by atoms with Gasteiger partial charge in [0.25, 0.3) is 0 Å². The summed E-state index contributed by atoms with van der Waals surface area (Å²) in [5.41, 5.74) is 1.82. The maximum absolute atomic E-state index is 6.66. The highest BCUT2D eigenvalue weighted by molar-refractivity contribution is 6.33. The van der Waals surface area contributed by atoms with E-state index in [1.165, 1.54) is 0 Å². The predicted octanol–water partition coefficient (Wildman–Crippen LogP) is 5.71. The summed E-state index contributed by atoms with van der Waals surface area (Å²) in [6.45, 7) is 0. The van der Waals surface area contributed by atoms with Crippen molar-refractivity contribution in [1.29, 1.82) is 0 Å². The zero-order chi connectivity index (χ0) is 13.2. The molecular formula is C14H10Cl4. The van der Waals surface area contributed by atoms with Crippen molar-refractivity contribution in [3.63, 3.8) is 0 Å². The molecular weight excluding hydrogens is 310 g/mol. The fraction of sp³-hybridized carbons (Fsp3) is 0.143. The molecule has 0 aliphatic carbocycles. The van der Waals surface area contributed by atoms with Crippen LogP contribution in [0.5, 0.6) is 0 Å². The van der Waals surface area contributed by atoms with Crippen LogP contribution >= 0.6 is 46.4 Å². The Balaban J connectivity index is 2.47. The largest absolute Gasteiger partial charge is 0.124 e. The monoisotopic (exact) mass is 318 g/mol. The van der Waals surface area contributed by atoms with Crippen molar-refractivity contribution < 1.29 is 0 Å². The third-order valence-corrected chi connectivity index (χ3v) is 4.40. The summed E-state index contributed by atoms with van der Waals surface area (Å²) < 4.78 is 0. The normalized spacial score (nSPS) is 11.6. The van der Waals surface area contributed by atoms with Crippen LogP contribution in [-0.4, -0.2) is 5.88 Å². The summed E-state index contributed by atoms with van der Waals surface area (Å²) in [4.78, 5) is -0.767. The van der Waals surface area contributed by atoms with Crippen LogP contribution in [0.3, 0.4) is 0 Å². The minimum Gasteiger partial charge on any atom is -0.124 e. The van der Waals surface area contributed by atoms with Gasteiger partial charge in [0.2, 0.25) is 0 Å². The van der Waals surface area contributed by atoms with Crippen LogP contribution in [0.15, 0.2) is 48.5 Å². The SMILES string of the molecule is ClCC(Cl)(c1ccc(Cl)cc1)c1ccc(Cl)cc1. The summed E-state index contributed by atoms with van der Waals surface area (Å²) in [6.07, 6.45) is 0. The molecule has 18 heavy (non-hydrogen) atoms. The first-order chi connectivity index (χ1) is 8.56. The second kappa shape index (κ2) is 5.71. The third kappa shape index (κ3) is 2.78. The van der Waals surface area contributed by atoms with E-state index in [-0.39, 0.29) is 5.88 Å². The van der Waals surface area contributed by atoms with E-state index in [1.807, 2.05) is 24.3 Å². The van der Waals surface area contributed by atoms with E-state index >= 15 is 0 Å². The minimum absolute atomic E-state index is 0.262. The van der Waals surface area contributed by atoms with Gasteiger partial charge < -0.3 is 0 Å². The molecule has 0 atom stereocenters. The first-order valence-electron chi connectivity index (χ1n) is 5.33. The Kier molecular flexibility index (Phi) is 4.45. The molecule has 0 bridgehead atoms. The molecule has 0 nitrogen and oxygen atoms in total. The van der Waals surface area contributed by atoms with Crippen molar-refractivity contribution in [3.05, 3.63) is 69.7 Å². The van der Waals surface area contributed by atoms with E-state index in [4.69, 9.17) is 46.4 Å². The molecule has 0 aliphatic rings. The lowest BCUT2D eigenvalue weighted by atomic mass is 9.92. The summed E-state index contributed by atoms with van der Waals surface area (Å²) in [5, 5.41) is 1.34. The van der Waals surface area contributed by atoms with E-state index in [0.29, 0.717) is 10.0 Å². The van der Waals surface area contributed by atoms with Crippen LogP contribution in [0.25, 0.3) is 0 Å². The molecule has 2 aromatic carbocycles. The first-order valence-corrected chi connectivity index (χ1v) is 7.00. The van der Waals surface area contributed by atoms with Gasteiger partial charge in [-0.05, 0) is 35.4 Å². The lowest BCUT2D eigenvalue weighted by molar-refractivity contribution is 0.831. The average molecular weight is 320 g/mol. The molecule has 0 fully saturated rings. The van der Waals surface area contributed by atoms with Crippen molar-refractivity contribution >= 4 is 46.4 Å². The molecule has 0 spiro atoms. The van der Waals surface area contributed by atoms with Crippen molar-refractivity contribution in [2.75, 3.05) is 5.88 Å². The molecule has 0 aromatic heterocycles. The number of alkyl halides is 2. The van der Waals surface area contributed by atoms with Crippen LogP contribution in [0.2, 0.25) is 10.0 Å². The number of rotatable bonds is 3. The summed E-state index contributed by atoms with van der Waals surface area (Å²) in [7, 11) is 0. The zero-order valence-electron chi connectivity index (χ0n) is 9.34. The van der Waals surface area contributed by atoms with Crippen LogP contribution in [0.1, 0.15) is 11.1 Å². The second-order valence-electron chi connectivity index (χ2n) is 3.95. The maximum Gasteiger partial charge on any atom is 0.108 e. The summed E-state index contributed by atoms with van der Waals surface area (Å²) in [5.74, 6) is 0.262. The highest BCUT2D eigenvalue weighted by Crippen LogP contribution is 2.38. The van der Waals surface area contributed by atoms with Crippen molar-refractivity contribution in [2.24, 2.45) is 0 Å². The molecule has 2 aromatic rings. The number of halogens is 4. The van der Waals surface area contributed by atoms with E-state index in [1.54, 1.807) is 24.3 Å². The zero-order valence-corrected chi connectivity index (χ0v) is 12.4. The van der Waals surface area contributed by atoms with Crippen LogP contribution in [0.4, 0.5) is 0 Å². The Labute approximate surface area is 126 Å².